The molecule has 8 heteroatoms. The van der Waals surface area contributed by atoms with Crippen LogP contribution in [0.5, 0.6) is 0 Å². The zero-order valence-electron chi connectivity index (χ0n) is 16.7. The Kier molecular flexibility index (Phi) is 5.22. The summed E-state index contributed by atoms with van der Waals surface area (Å²) in [6.07, 6.45) is 0.250. The van der Waals surface area contributed by atoms with Gasteiger partial charge in [0, 0.05) is 25.4 Å². The van der Waals surface area contributed by atoms with Crippen LogP contribution in [-0.4, -0.2) is 21.5 Å². The maximum Gasteiger partial charge on any atom is 0.420 e. The van der Waals surface area contributed by atoms with Crippen molar-refractivity contribution in [2.24, 2.45) is 0 Å². The molecule has 2 aromatic carbocycles. The highest BCUT2D eigenvalue weighted by molar-refractivity contribution is 5.77. The van der Waals surface area contributed by atoms with E-state index in [4.69, 9.17) is 8.83 Å². The van der Waals surface area contributed by atoms with E-state index in [1.165, 1.54) is 4.57 Å². The molecule has 0 aliphatic heterocycles. The maximum absolute atomic E-state index is 12.4. The number of nitrogens with one attached hydrogen (secondary N) is 1. The van der Waals surface area contributed by atoms with E-state index in [1.807, 2.05) is 25.1 Å². The normalized spacial score (nSPS) is 12.3. The molecule has 2 aromatic heterocycles. The molecule has 0 unspecified atom stereocenters. The molecule has 2 heterocycles. The van der Waals surface area contributed by atoms with Gasteiger partial charge in [-0.1, -0.05) is 18.2 Å². The standard InChI is InChI=1S/C22H21N3O5/c1-13-7-9-18-16(11-13)24-15(21(27)29-18)8-10-20(26)23-14(2)12-25-17-5-3-4-6-19(17)30-22(25)28/h3-7,9,11,14H,8,10,12H2,1-2H3,(H,23,26)/t14-/m0/s1. The molecule has 4 rings (SSSR count). The van der Waals surface area contributed by atoms with Gasteiger partial charge in [0.25, 0.3) is 0 Å². The van der Waals surface area contributed by atoms with Gasteiger partial charge in [0.05, 0.1) is 5.52 Å². The third-order valence-corrected chi connectivity index (χ3v) is 4.83. The van der Waals surface area contributed by atoms with Crippen molar-refractivity contribution in [1.82, 2.24) is 14.9 Å². The predicted octanol–water partition coefficient (Wildman–Crippen LogP) is 2.54. The molecule has 1 N–H and O–H groups in total. The SMILES string of the molecule is Cc1ccc2oc(=O)c(CCC(=O)N[C@@H](C)Cn3c(=O)oc4ccccc43)nc2c1. The number of hydrogen-bond acceptors (Lipinski definition) is 6. The van der Waals surface area contributed by atoms with E-state index in [9.17, 15) is 14.4 Å². The van der Waals surface area contributed by atoms with Crippen molar-refractivity contribution in [2.45, 2.75) is 39.3 Å². The van der Waals surface area contributed by atoms with Gasteiger partial charge in [0.2, 0.25) is 5.91 Å². The summed E-state index contributed by atoms with van der Waals surface area (Å²) in [7, 11) is 0. The molecule has 154 valence electrons. The first-order chi connectivity index (χ1) is 14.4. The Bertz CT molecular complexity index is 1350. The molecule has 0 radical (unpaired) electrons. The van der Waals surface area contributed by atoms with Crippen LogP contribution in [0.3, 0.4) is 0 Å². The number of oxazole rings is 1. The lowest BCUT2D eigenvalue weighted by atomic mass is 10.2. The number of aryl methyl sites for hydroxylation is 2. The second kappa shape index (κ2) is 7.98. The molecule has 0 aliphatic rings. The average Bonchev–Trinajstić information content (AvgIpc) is 3.02. The fourth-order valence-electron chi connectivity index (χ4n) is 3.39. The zero-order valence-corrected chi connectivity index (χ0v) is 16.7. The molecule has 8 nitrogen and oxygen atoms in total. The van der Waals surface area contributed by atoms with Crippen LogP contribution in [0.25, 0.3) is 22.2 Å². The summed E-state index contributed by atoms with van der Waals surface area (Å²) in [6.45, 7) is 4.00. The Morgan fingerprint density at radius 3 is 2.77 bits per heavy atom. The fraction of sp³-hybridized carbons (Fsp3) is 0.273. The highest BCUT2D eigenvalue weighted by atomic mass is 16.4. The van der Waals surface area contributed by atoms with Crippen molar-refractivity contribution in [3.63, 3.8) is 0 Å². The van der Waals surface area contributed by atoms with E-state index in [2.05, 4.69) is 10.3 Å². The van der Waals surface area contributed by atoms with Crippen LogP contribution >= 0.6 is 0 Å². The van der Waals surface area contributed by atoms with Crippen LogP contribution in [0.4, 0.5) is 0 Å². The van der Waals surface area contributed by atoms with Crippen LogP contribution in [0.2, 0.25) is 0 Å². The van der Waals surface area contributed by atoms with Gasteiger partial charge in [-0.05, 0) is 43.7 Å². The lowest BCUT2D eigenvalue weighted by Gasteiger charge is -2.14. The van der Waals surface area contributed by atoms with Gasteiger partial charge in [-0.25, -0.2) is 14.6 Å². The number of hydrogen-bond donors (Lipinski definition) is 1. The van der Waals surface area contributed by atoms with Crippen LogP contribution in [-0.2, 0) is 17.8 Å². The number of carbonyl (C=O) groups is 1. The van der Waals surface area contributed by atoms with Gasteiger partial charge in [0.15, 0.2) is 11.2 Å². The van der Waals surface area contributed by atoms with Crippen molar-refractivity contribution in [2.75, 3.05) is 0 Å². The summed E-state index contributed by atoms with van der Waals surface area (Å²) in [4.78, 5) is 40.9. The summed E-state index contributed by atoms with van der Waals surface area (Å²) in [5.74, 6) is -0.709. The summed E-state index contributed by atoms with van der Waals surface area (Å²) >= 11 is 0. The first kappa shape index (κ1) is 19.6. The molecule has 1 amide bonds. The average molecular weight is 407 g/mol. The Hall–Kier alpha value is -3.68. The van der Waals surface area contributed by atoms with E-state index in [-0.39, 0.29) is 37.0 Å². The lowest BCUT2D eigenvalue weighted by molar-refractivity contribution is -0.121. The first-order valence-electron chi connectivity index (χ1n) is 9.69. The largest absolute Gasteiger partial charge is 0.420 e. The molecule has 0 spiro atoms. The van der Waals surface area contributed by atoms with Crippen molar-refractivity contribution in [1.29, 1.82) is 0 Å². The lowest BCUT2D eigenvalue weighted by Crippen LogP contribution is -2.37. The molecular weight excluding hydrogens is 386 g/mol. The number of para-hydroxylation sites is 2. The molecule has 0 bridgehead atoms. The van der Waals surface area contributed by atoms with Crippen LogP contribution in [0, 0.1) is 6.92 Å². The van der Waals surface area contributed by atoms with E-state index in [1.54, 1.807) is 31.2 Å². The zero-order chi connectivity index (χ0) is 21.3. The summed E-state index contributed by atoms with van der Waals surface area (Å²) < 4.78 is 12.0. The van der Waals surface area contributed by atoms with Crippen LogP contribution in [0.15, 0.2) is 60.9 Å². The van der Waals surface area contributed by atoms with Crippen LogP contribution < -0.4 is 16.7 Å². The minimum Gasteiger partial charge on any atom is -0.420 e. The number of amides is 1. The number of rotatable bonds is 6. The van der Waals surface area contributed by atoms with Gasteiger partial charge in [-0.2, -0.15) is 0 Å². The third-order valence-electron chi connectivity index (χ3n) is 4.83. The number of fused-ring (bicyclic) bond motifs is 2. The Morgan fingerprint density at radius 2 is 1.93 bits per heavy atom. The maximum atomic E-state index is 12.4. The minimum absolute atomic E-state index is 0.0838. The Balaban J connectivity index is 1.40. The molecule has 0 saturated heterocycles. The predicted molar refractivity (Wildman–Crippen MR) is 111 cm³/mol. The summed E-state index contributed by atoms with van der Waals surface area (Å²) in [5.41, 5.74) is 2.87. The Labute approximate surface area is 171 Å². The van der Waals surface area contributed by atoms with E-state index >= 15 is 0 Å². The van der Waals surface area contributed by atoms with E-state index < -0.39 is 11.4 Å². The van der Waals surface area contributed by atoms with Crippen molar-refractivity contribution in [3.05, 3.63) is 74.7 Å². The highest BCUT2D eigenvalue weighted by Gasteiger charge is 2.15. The second-order valence-corrected chi connectivity index (χ2v) is 7.33. The second-order valence-electron chi connectivity index (χ2n) is 7.33. The molecule has 0 fully saturated rings. The number of carbonyl (C=O) groups excluding carboxylic acids is 1. The van der Waals surface area contributed by atoms with E-state index in [0.29, 0.717) is 22.2 Å². The minimum atomic E-state index is -0.538. The fourth-order valence-corrected chi connectivity index (χ4v) is 3.39. The highest BCUT2D eigenvalue weighted by Crippen LogP contribution is 2.13. The molecule has 4 aromatic rings. The van der Waals surface area contributed by atoms with Crippen molar-refractivity contribution >= 4 is 28.1 Å². The van der Waals surface area contributed by atoms with Gasteiger partial charge in [-0.3, -0.25) is 9.36 Å². The quantitative estimate of drug-likeness (QED) is 0.526. The molecule has 1 atom stereocenters. The van der Waals surface area contributed by atoms with Crippen molar-refractivity contribution < 1.29 is 13.6 Å². The van der Waals surface area contributed by atoms with Gasteiger partial charge in [-0.15, -0.1) is 0 Å². The number of aromatic nitrogens is 2. The number of benzene rings is 2. The van der Waals surface area contributed by atoms with E-state index in [0.717, 1.165) is 5.56 Å². The molecular formula is C22H21N3O5. The molecule has 0 aliphatic carbocycles. The monoisotopic (exact) mass is 407 g/mol. The summed E-state index contributed by atoms with van der Waals surface area (Å²) in [6, 6.07) is 12.2. The van der Waals surface area contributed by atoms with Crippen LogP contribution in [0.1, 0.15) is 24.6 Å². The topological polar surface area (TPSA) is 107 Å². The third kappa shape index (κ3) is 4.03. The molecule has 30 heavy (non-hydrogen) atoms. The van der Waals surface area contributed by atoms with Gasteiger partial charge in [0.1, 0.15) is 11.2 Å². The van der Waals surface area contributed by atoms with Gasteiger partial charge >= 0.3 is 11.4 Å². The smallest absolute Gasteiger partial charge is 0.420 e. The first-order valence-corrected chi connectivity index (χ1v) is 9.69. The molecule has 0 saturated carbocycles. The summed E-state index contributed by atoms with van der Waals surface area (Å²) in [5, 5.41) is 2.85. The number of nitrogens with zero attached hydrogens (tertiary/aromatic N) is 2. The van der Waals surface area contributed by atoms with Gasteiger partial charge < -0.3 is 14.2 Å². The van der Waals surface area contributed by atoms with Crippen molar-refractivity contribution in [3.8, 4) is 0 Å². The Morgan fingerprint density at radius 1 is 1.13 bits per heavy atom.